The van der Waals surface area contributed by atoms with Crippen LogP contribution < -0.4 is 5.73 Å². The molecule has 2 N–H and O–H groups in total. The first-order valence-electron chi connectivity index (χ1n) is 5.33. The second-order valence-corrected chi connectivity index (χ2v) is 6.61. The van der Waals surface area contributed by atoms with Gasteiger partial charge in [-0.2, -0.15) is 0 Å². The highest BCUT2D eigenvalue weighted by Crippen LogP contribution is 2.32. The van der Waals surface area contributed by atoms with Crippen LogP contribution in [0.1, 0.15) is 16.7 Å². The Morgan fingerprint density at radius 1 is 1.22 bits per heavy atom. The van der Waals surface area contributed by atoms with Crippen molar-refractivity contribution in [3.63, 3.8) is 0 Å². The predicted molar refractivity (Wildman–Crippen MR) is 79.3 cm³/mol. The highest BCUT2D eigenvalue weighted by atomic mass is 79.9. The number of hydrogen-bond acceptors (Lipinski definition) is 3. The lowest BCUT2D eigenvalue weighted by molar-refractivity contribution is 0.528. The Morgan fingerprint density at radius 2 is 2.06 bits per heavy atom. The van der Waals surface area contributed by atoms with E-state index in [9.17, 15) is 0 Å². The normalized spacial score (nSPS) is 13.1. The Morgan fingerprint density at radius 3 is 2.78 bits per heavy atom. The third-order valence-electron chi connectivity index (χ3n) is 2.70. The van der Waals surface area contributed by atoms with Gasteiger partial charge in [0, 0.05) is 14.7 Å². The monoisotopic (exact) mass is 341 g/mol. The minimum atomic E-state index is -0.270. The summed E-state index contributed by atoms with van der Waals surface area (Å²) in [4.78, 5) is 0.998. The molecule has 1 unspecified atom stereocenters. The summed E-state index contributed by atoms with van der Waals surface area (Å²) in [7, 11) is 0. The predicted octanol–water partition coefficient (Wildman–Crippen LogP) is 4.96. The zero-order chi connectivity index (χ0) is 12.7. The van der Waals surface area contributed by atoms with E-state index in [1.54, 1.807) is 0 Å². The van der Waals surface area contributed by atoms with Gasteiger partial charge in [0.15, 0.2) is 0 Å². The van der Waals surface area contributed by atoms with Crippen LogP contribution >= 0.6 is 38.9 Å². The van der Waals surface area contributed by atoms with Gasteiger partial charge in [-0.1, -0.05) is 27.5 Å². The number of halogens is 2. The van der Waals surface area contributed by atoms with Crippen LogP contribution in [0.25, 0.3) is 11.0 Å². The van der Waals surface area contributed by atoms with Crippen LogP contribution in [0.5, 0.6) is 0 Å². The molecule has 0 bridgehead atoms. The van der Waals surface area contributed by atoms with Crippen molar-refractivity contribution < 1.29 is 4.42 Å². The zero-order valence-corrected chi connectivity index (χ0v) is 12.3. The van der Waals surface area contributed by atoms with E-state index in [-0.39, 0.29) is 6.04 Å². The molecule has 18 heavy (non-hydrogen) atoms. The van der Waals surface area contributed by atoms with E-state index in [1.165, 1.54) is 11.3 Å². The van der Waals surface area contributed by atoms with E-state index in [2.05, 4.69) is 15.9 Å². The van der Waals surface area contributed by atoms with Gasteiger partial charge in [0.25, 0.3) is 0 Å². The maximum Gasteiger partial charge on any atom is 0.134 e. The zero-order valence-electron chi connectivity index (χ0n) is 9.19. The van der Waals surface area contributed by atoms with Gasteiger partial charge in [0.05, 0.1) is 10.4 Å². The number of benzene rings is 1. The second-order valence-electron chi connectivity index (χ2n) is 3.95. The first-order chi connectivity index (χ1) is 8.63. The van der Waals surface area contributed by atoms with Crippen molar-refractivity contribution in [2.75, 3.05) is 0 Å². The molecule has 0 spiro atoms. The lowest BCUT2D eigenvalue weighted by atomic mass is 10.2. The van der Waals surface area contributed by atoms with Crippen LogP contribution in [-0.4, -0.2) is 0 Å². The van der Waals surface area contributed by atoms with Crippen molar-refractivity contribution in [1.29, 1.82) is 0 Å². The lowest BCUT2D eigenvalue weighted by Gasteiger charge is -2.04. The number of furan rings is 1. The van der Waals surface area contributed by atoms with Crippen molar-refractivity contribution in [3.8, 4) is 0 Å². The number of thiophene rings is 1. The third kappa shape index (κ3) is 2.21. The summed E-state index contributed by atoms with van der Waals surface area (Å²) in [6, 6.07) is 11.4. The number of rotatable bonds is 2. The van der Waals surface area contributed by atoms with Crippen molar-refractivity contribution in [3.05, 3.63) is 55.8 Å². The van der Waals surface area contributed by atoms with E-state index in [1.807, 2.05) is 36.4 Å². The van der Waals surface area contributed by atoms with Gasteiger partial charge >= 0.3 is 0 Å². The summed E-state index contributed by atoms with van der Waals surface area (Å²) in [5, 5.41) is 1.04. The van der Waals surface area contributed by atoms with Crippen molar-refractivity contribution in [2.24, 2.45) is 5.73 Å². The molecule has 0 aliphatic carbocycles. The molecule has 3 rings (SSSR count). The minimum Gasteiger partial charge on any atom is -0.459 e. The van der Waals surface area contributed by atoms with Crippen LogP contribution in [0, 0.1) is 0 Å². The molecule has 0 aliphatic heterocycles. The van der Waals surface area contributed by atoms with Crippen LogP contribution in [0.15, 0.2) is 45.3 Å². The SMILES string of the molecule is NC(c1cc2cc(Br)ccc2o1)c1ccc(Cl)s1. The number of nitrogens with two attached hydrogens (primary N) is 1. The molecule has 2 nitrogen and oxygen atoms in total. The molecule has 1 aromatic carbocycles. The smallest absolute Gasteiger partial charge is 0.134 e. The molecule has 1 atom stereocenters. The van der Waals surface area contributed by atoms with Gasteiger partial charge in [-0.3, -0.25) is 0 Å². The Labute approximate surface area is 121 Å². The number of hydrogen-bond donors (Lipinski definition) is 1. The van der Waals surface area contributed by atoms with E-state index >= 15 is 0 Å². The molecule has 5 heteroatoms. The van der Waals surface area contributed by atoms with E-state index in [0.29, 0.717) is 0 Å². The fourth-order valence-electron chi connectivity index (χ4n) is 1.82. The third-order valence-corrected chi connectivity index (χ3v) is 4.51. The highest BCUT2D eigenvalue weighted by Gasteiger charge is 2.16. The fraction of sp³-hybridized carbons (Fsp3) is 0.0769. The van der Waals surface area contributed by atoms with Crippen molar-refractivity contribution >= 4 is 49.8 Å². The summed E-state index contributed by atoms with van der Waals surface area (Å²) in [6.45, 7) is 0. The summed E-state index contributed by atoms with van der Waals surface area (Å²) >= 11 is 10.8. The van der Waals surface area contributed by atoms with Gasteiger partial charge in [0.1, 0.15) is 11.3 Å². The minimum absolute atomic E-state index is 0.270. The molecule has 0 radical (unpaired) electrons. The Kier molecular flexibility index (Phi) is 3.20. The van der Waals surface area contributed by atoms with Crippen LogP contribution in [0.2, 0.25) is 4.34 Å². The molecule has 2 aromatic heterocycles. The summed E-state index contributed by atoms with van der Waals surface area (Å²) in [5.74, 6) is 0.751. The standard InChI is InChI=1S/C13H9BrClNOS/c14-8-1-2-9-7(5-8)6-10(17-9)13(16)11-3-4-12(15)18-11/h1-6,13H,16H2. The Balaban J connectivity index is 2.03. The maximum absolute atomic E-state index is 6.18. The molecule has 0 saturated carbocycles. The first kappa shape index (κ1) is 12.2. The Bertz CT molecular complexity index is 706. The molecule has 0 fully saturated rings. The second kappa shape index (κ2) is 4.70. The Hall–Kier alpha value is -0.810. The molecule has 2 heterocycles. The van der Waals surface area contributed by atoms with Crippen LogP contribution in [-0.2, 0) is 0 Å². The average Bonchev–Trinajstić information content (AvgIpc) is 2.93. The largest absolute Gasteiger partial charge is 0.459 e. The molecule has 0 aliphatic rings. The van der Waals surface area contributed by atoms with E-state index in [4.69, 9.17) is 21.8 Å². The van der Waals surface area contributed by atoms with E-state index in [0.717, 1.165) is 30.4 Å². The van der Waals surface area contributed by atoms with Crippen LogP contribution in [0.3, 0.4) is 0 Å². The van der Waals surface area contributed by atoms with Gasteiger partial charge < -0.3 is 10.2 Å². The molecular weight excluding hydrogens is 334 g/mol. The van der Waals surface area contributed by atoms with E-state index < -0.39 is 0 Å². The quantitative estimate of drug-likeness (QED) is 0.715. The summed E-state index contributed by atoms with van der Waals surface area (Å²) in [6.07, 6.45) is 0. The van der Waals surface area contributed by atoms with Crippen LogP contribution in [0.4, 0.5) is 0 Å². The van der Waals surface area contributed by atoms with Gasteiger partial charge in [-0.05, 0) is 36.4 Å². The first-order valence-corrected chi connectivity index (χ1v) is 7.32. The topological polar surface area (TPSA) is 39.2 Å². The summed E-state index contributed by atoms with van der Waals surface area (Å²) in [5.41, 5.74) is 7.02. The molecule has 0 saturated heterocycles. The van der Waals surface area contributed by atoms with Crippen molar-refractivity contribution in [2.45, 2.75) is 6.04 Å². The highest BCUT2D eigenvalue weighted by molar-refractivity contribution is 9.10. The van der Waals surface area contributed by atoms with Crippen molar-refractivity contribution in [1.82, 2.24) is 0 Å². The fourth-order valence-corrected chi connectivity index (χ4v) is 3.27. The summed E-state index contributed by atoms with van der Waals surface area (Å²) < 4.78 is 7.52. The molecule has 0 amide bonds. The average molecular weight is 343 g/mol. The number of fused-ring (bicyclic) bond motifs is 1. The van der Waals surface area contributed by atoms with Gasteiger partial charge in [0.2, 0.25) is 0 Å². The van der Waals surface area contributed by atoms with Gasteiger partial charge in [-0.25, -0.2) is 0 Å². The molecule has 92 valence electrons. The van der Waals surface area contributed by atoms with Gasteiger partial charge in [-0.15, -0.1) is 11.3 Å². The lowest BCUT2D eigenvalue weighted by Crippen LogP contribution is -2.08. The molecular formula is C13H9BrClNOS. The maximum atomic E-state index is 6.18. The molecule has 3 aromatic rings.